The summed E-state index contributed by atoms with van der Waals surface area (Å²) >= 11 is 6.10. The first-order chi connectivity index (χ1) is 11.1. The third-order valence-corrected chi connectivity index (χ3v) is 4.44. The maximum absolute atomic E-state index is 12.1. The van der Waals surface area contributed by atoms with Crippen molar-refractivity contribution < 1.29 is 4.79 Å². The lowest BCUT2D eigenvalue weighted by atomic mass is 10.2. The van der Waals surface area contributed by atoms with Crippen LogP contribution in [0, 0.1) is 6.92 Å². The molecular formula is C17H19ClN4O. The Bertz CT molecular complexity index is 696. The van der Waals surface area contributed by atoms with Gasteiger partial charge in [0.1, 0.15) is 0 Å². The molecule has 0 saturated heterocycles. The van der Waals surface area contributed by atoms with Crippen LogP contribution in [0.5, 0.6) is 0 Å². The van der Waals surface area contributed by atoms with Crippen molar-refractivity contribution >= 4 is 29.0 Å². The molecule has 1 aliphatic rings. The van der Waals surface area contributed by atoms with Crippen LogP contribution < -0.4 is 10.6 Å². The number of aromatic nitrogens is 2. The van der Waals surface area contributed by atoms with Gasteiger partial charge in [-0.05, 0) is 49.6 Å². The van der Waals surface area contributed by atoms with Crippen molar-refractivity contribution in [2.24, 2.45) is 0 Å². The molecule has 0 radical (unpaired) electrons. The summed E-state index contributed by atoms with van der Waals surface area (Å²) in [6, 6.07) is 9.38. The van der Waals surface area contributed by atoms with Crippen molar-refractivity contribution in [1.82, 2.24) is 15.5 Å². The van der Waals surface area contributed by atoms with E-state index in [0.29, 0.717) is 16.5 Å². The van der Waals surface area contributed by atoms with Gasteiger partial charge in [0.25, 0.3) is 5.91 Å². The van der Waals surface area contributed by atoms with Crippen molar-refractivity contribution in [3.8, 4) is 0 Å². The molecule has 0 aliphatic heterocycles. The Hall–Kier alpha value is -2.14. The summed E-state index contributed by atoms with van der Waals surface area (Å²) in [5.41, 5.74) is 2.18. The van der Waals surface area contributed by atoms with Gasteiger partial charge in [-0.2, -0.15) is 0 Å². The molecule has 5 nitrogen and oxygen atoms in total. The van der Waals surface area contributed by atoms with E-state index in [1.165, 1.54) is 12.8 Å². The second kappa shape index (κ2) is 6.96. The van der Waals surface area contributed by atoms with Gasteiger partial charge in [0.15, 0.2) is 11.5 Å². The van der Waals surface area contributed by atoms with E-state index in [0.717, 1.165) is 24.1 Å². The summed E-state index contributed by atoms with van der Waals surface area (Å²) in [5.74, 6) is 0.414. The highest BCUT2D eigenvalue weighted by Gasteiger charge is 2.18. The van der Waals surface area contributed by atoms with Crippen molar-refractivity contribution in [2.75, 3.05) is 5.32 Å². The van der Waals surface area contributed by atoms with Gasteiger partial charge < -0.3 is 10.6 Å². The molecule has 2 N–H and O–H groups in total. The quantitative estimate of drug-likeness (QED) is 0.893. The molecule has 120 valence electrons. The minimum atomic E-state index is -0.158. The molecule has 1 aromatic carbocycles. The fraction of sp³-hybridized carbons (Fsp3) is 0.353. The second-order valence-electron chi connectivity index (χ2n) is 5.85. The molecule has 6 heteroatoms. The van der Waals surface area contributed by atoms with Gasteiger partial charge in [-0.1, -0.05) is 30.5 Å². The van der Waals surface area contributed by atoms with Gasteiger partial charge in [-0.15, -0.1) is 10.2 Å². The number of aryl methyl sites for hydroxylation is 1. The number of nitrogens with zero attached hydrogens (tertiary/aromatic N) is 2. The summed E-state index contributed by atoms with van der Waals surface area (Å²) in [4.78, 5) is 12.1. The molecule has 1 aliphatic carbocycles. The summed E-state index contributed by atoms with van der Waals surface area (Å²) in [5, 5.41) is 14.9. The lowest BCUT2D eigenvalue weighted by molar-refractivity contribution is 0.0932. The maximum atomic E-state index is 12.1. The summed E-state index contributed by atoms with van der Waals surface area (Å²) in [6.07, 6.45) is 4.46. The minimum absolute atomic E-state index is 0.158. The predicted molar refractivity (Wildman–Crippen MR) is 91.2 cm³/mol. The Morgan fingerprint density at radius 1 is 1.17 bits per heavy atom. The molecule has 1 aromatic heterocycles. The number of amides is 1. The van der Waals surface area contributed by atoms with Crippen molar-refractivity contribution in [3.05, 3.63) is 46.6 Å². The Morgan fingerprint density at radius 2 is 1.96 bits per heavy atom. The third kappa shape index (κ3) is 3.99. The Balaban J connectivity index is 1.64. The second-order valence-corrected chi connectivity index (χ2v) is 6.25. The van der Waals surface area contributed by atoms with Gasteiger partial charge in [0.2, 0.25) is 0 Å². The maximum Gasteiger partial charge on any atom is 0.272 e. The smallest absolute Gasteiger partial charge is 0.272 e. The zero-order valence-electron chi connectivity index (χ0n) is 13.0. The summed E-state index contributed by atoms with van der Waals surface area (Å²) in [7, 11) is 0. The van der Waals surface area contributed by atoms with Crippen LogP contribution >= 0.6 is 11.6 Å². The molecule has 3 rings (SSSR count). The van der Waals surface area contributed by atoms with Gasteiger partial charge in [-0.3, -0.25) is 4.79 Å². The zero-order valence-corrected chi connectivity index (χ0v) is 13.7. The van der Waals surface area contributed by atoms with Gasteiger partial charge in [-0.25, -0.2) is 0 Å². The van der Waals surface area contributed by atoms with E-state index in [4.69, 9.17) is 11.6 Å². The Labute approximate surface area is 140 Å². The molecule has 1 fully saturated rings. The van der Waals surface area contributed by atoms with Crippen LogP contribution in [-0.4, -0.2) is 22.1 Å². The molecule has 1 amide bonds. The minimum Gasteiger partial charge on any atom is -0.348 e. The van der Waals surface area contributed by atoms with Gasteiger partial charge >= 0.3 is 0 Å². The first-order valence-electron chi connectivity index (χ1n) is 7.79. The summed E-state index contributed by atoms with van der Waals surface area (Å²) in [6.45, 7) is 1.95. The zero-order chi connectivity index (χ0) is 16.2. The monoisotopic (exact) mass is 330 g/mol. The highest BCUT2D eigenvalue weighted by atomic mass is 35.5. The first-order valence-corrected chi connectivity index (χ1v) is 8.17. The van der Waals surface area contributed by atoms with E-state index in [1.54, 1.807) is 12.1 Å². The topological polar surface area (TPSA) is 66.9 Å². The number of carbonyl (C=O) groups is 1. The SMILES string of the molecule is Cc1ccc(Nc2ccc(C(=O)NC3CCCC3)nn2)cc1Cl. The average Bonchev–Trinajstić information content (AvgIpc) is 3.04. The van der Waals surface area contributed by atoms with Gasteiger partial charge in [0.05, 0.1) is 0 Å². The standard InChI is InChI=1S/C17H19ClN4O/c1-11-6-7-13(10-14(11)18)19-16-9-8-15(21-22-16)17(23)20-12-4-2-3-5-12/h6-10,12H,2-5H2,1H3,(H,19,22)(H,20,23). The van der Waals surface area contributed by atoms with Crippen LogP contribution in [0.3, 0.4) is 0 Å². The number of hydrogen-bond acceptors (Lipinski definition) is 4. The average molecular weight is 331 g/mol. The number of halogens is 1. The number of carbonyl (C=O) groups excluding carboxylic acids is 1. The lowest BCUT2D eigenvalue weighted by Crippen LogP contribution is -2.33. The number of benzene rings is 1. The molecular weight excluding hydrogens is 312 g/mol. The molecule has 0 unspecified atom stereocenters. The molecule has 1 heterocycles. The van der Waals surface area contributed by atoms with Crippen LogP contribution in [0.15, 0.2) is 30.3 Å². The van der Waals surface area contributed by atoms with Crippen molar-refractivity contribution in [3.63, 3.8) is 0 Å². The van der Waals surface area contributed by atoms with E-state index < -0.39 is 0 Å². The number of nitrogens with one attached hydrogen (secondary N) is 2. The van der Waals surface area contributed by atoms with Crippen LogP contribution in [0.4, 0.5) is 11.5 Å². The molecule has 1 saturated carbocycles. The predicted octanol–water partition coefficient (Wildman–Crippen LogP) is 3.85. The lowest BCUT2D eigenvalue weighted by Gasteiger charge is -2.11. The van der Waals surface area contributed by atoms with Crippen LogP contribution in [0.1, 0.15) is 41.7 Å². The Kier molecular flexibility index (Phi) is 4.76. The largest absolute Gasteiger partial charge is 0.348 e. The van der Waals surface area contributed by atoms with Crippen molar-refractivity contribution in [1.29, 1.82) is 0 Å². The molecule has 0 spiro atoms. The van der Waals surface area contributed by atoms with E-state index in [1.807, 2.05) is 25.1 Å². The highest BCUT2D eigenvalue weighted by Crippen LogP contribution is 2.22. The molecule has 2 aromatic rings. The molecule has 0 atom stereocenters. The van der Waals surface area contributed by atoms with Crippen LogP contribution in [0.25, 0.3) is 0 Å². The molecule has 23 heavy (non-hydrogen) atoms. The number of hydrogen-bond donors (Lipinski definition) is 2. The Morgan fingerprint density at radius 3 is 2.61 bits per heavy atom. The van der Waals surface area contributed by atoms with E-state index in [9.17, 15) is 4.79 Å². The number of rotatable bonds is 4. The normalized spacial score (nSPS) is 14.7. The van der Waals surface area contributed by atoms with Crippen LogP contribution in [0.2, 0.25) is 5.02 Å². The fourth-order valence-electron chi connectivity index (χ4n) is 2.67. The van der Waals surface area contributed by atoms with E-state index >= 15 is 0 Å². The fourth-order valence-corrected chi connectivity index (χ4v) is 2.85. The van der Waals surface area contributed by atoms with Crippen LogP contribution in [-0.2, 0) is 0 Å². The summed E-state index contributed by atoms with van der Waals surface area (Å²) < 4.78 is 0. The van der Waals surface area contributed by atoms with E-state index in [-0.39, 0.29) is 11.9 Å². The highest BCUT2D eigenvalue weighted by molar-refractivity contribution is 6.31. The van der Waals surface area contributed by atoms with E-state index in [2.05, 4.69) is 20.8 Å². The number of anilines is 2. The third-order valence-electron chi connectivity index (χ3n) is 4.03. The van der Waals surface area contributed by atoms with Crippen molar-refractivity contribution in [2.45, 2.75) is 38.6 Å². The first kappa shape index (κ1) is 15.7. The van der Waals surface area contributed by atoms with Gasteiger partial charge in [0, 0.05) is 16.8 Å². The molecule has 0 bridgehead atoms.